The van der Waals surface area contributed by atoms with Gasteiger partial charge in [-0.2, -0.15) is 0 Å². The summed E-state index contributed by atoms with van der Waals surface area (Å²) in [7, 11) is 0. The van der Waals surface area contributed by atoms with Crippen LogP contribution in [-0.2, 0) is 0 Å². The predicted octanol–water partition coefficient (Wildman–Crippen LogP) is 2.54. The van der Waals surface area contributed by atoms with E-state index in [0.717, 1.165) is 13.0 Å². The van der Waals surface area contributed by atoms with Gasteiger partial charge in [-0.25, -0.2) is 0 Å². The number of hydrogen-bond acceptors (Lipinski definition) is 2. The van der Waals surface area contributed by atoms with Crippen molar-refractivity contribution in [2.75, 3.05) is 6.54 Å². The third-order valence-electron chi connectivity index (χ3n) is 3.07. The van der Waals surface area contributed by atoms with E-state index < -0.39 is 0 Å². The maximum absolute atomic E-state index is 10.0. The van der Waals surface area contributed by atoms with Gasteiger partial charge in [0.2, 0.25) is 0 Å². The molecule has 3 unspecified atom stereocenters. The third kappa shape index (κ3) is 3.95. The number of nitrogens with one attached hydrogen (secondary N) is 1. The maximum Gasteiger partial charge on any atom is 0.0696 e. The van der Waals surface area contributed by atoms with E-state index in [1.54, 1.807) is 0 Å². The fourth-order valence-corrected chi connectivity index (χ4v) is 1.94. The van der Waals surface area contributed by atoms with Crippen LogP contribution in [0, 0.1) is 0 Å². The molecule has 2 heteroatoms. The smallest absolute Gasteiger partial charge is 0.0696 e. The van der Waals surface area contributed by atoms with Crippen LogP contribution >= 0.6 is 0 Å². The van der Waals surface area contributed by atoms with Gasteiger partial charge in [-0.05, 0) is 31.4 Å². The number of aliphatic hydroxyl groups excluding tert-OH is 1. The summed E-state index contributed by atoms with van der Waals surface area (Å²) in [5.74, 6) is 0.400. The van der Waals surface area contributed by atoms with E-state index >= 15 is 0 Å². The van der Waals surface area contributed by atoms with Crippen molar-refractivity contribution >= 4 is 0 Å². The molecule has 0 saturated carbocycles. The number of aliphatic hydroxyl groups is 1. The Morgan fingerprint density at radius 1 is 1.19 bits per heavy atom. The van der Waals surface area contributed by atoms with Crippen LogP contribution < -0.4 is 5.32 Å². The molecule has 0 aliphatic rings. The van der Waals surface area contributed by atoms with Crippen LogP contribution in [-0.4, -0.2) is 23.8 Å². The fraction of sp³-hybridized carbons (Fsp3) is 0.571. The molecule has 1 aromatic carbocycles. The topological polar surface area (TPSA) is 32.3 Å². The standard InChI is InChI=1S/C14H23NO/c1-4-15-12(3)14(16)10-11(2)13-8-6-5-7-9-13/h5-9,11-12,14-16H,4,10H2,1-3H3. The van der Waals surface area contributed by atoms with Gasteiger partial charge in [0.1, 0.15) is 0 Å². The second-order valence-electron chi connectivity index (χ2n) is 4.46. The summed E-state index contributed by atoms with van der Waals surface area (Å²) in [4.78, 5) is 0. The zero-order valence-electron chi connectivity index (χ0n) is 10.5. The molecule has 2 N–H and O–H groups in total. The van der Waals surface area contributed by atoms with Crippen molar-refractivity contribution in [2.24, 2.45) is 0 Å². The molecule has 0 amide bonds. The van der Waals surface area contributed by atoms with Gasteiger partial charge in [0, 0.05) is 6.04 Å². The zero-order chi connectivity index (χ0) is 12.0. The second-order valence-corrected chi connectivity index (χ2v) is 4.46. The first-order valence-corrected chi connectivity index (χ1v) is 6.11. The van der Waals surface area contributed by atoms with Crippen LogP contribution in [0.1, 0.15) is 38.7 Å². The van der Waals surface area contributed by atoms with Crippen LogP contribution in [0.3, 0.4) is 0 Å². The van der Waals surface area contributed by atoms with Crippen LogP contribution in [0.5, 0.6) is 0 Å². The maximum atomic E-state index is 10.0. The summed E-state index contributed by atoms with van der Waals surface area (Å²) >= 11 is 0. The molecule has 0 bridgehead atoms. The molecule has 0 aliphatic carbocycles. The van der Waals surface area contributed by atoms with Gasteiger partial charge in [-0.3, -0.25) is 0 Å². The Hall–Kier alpha value is -0.860. The molecule has 2 nitrogen and oxygen atoms in total. The molecule has 1 aromatic rings. The normalized spacial score (nSPS) is 16.8. The largest absolute Gasteiger partial charge is 0.391 e. The van der Waals surface area contributed by atoms with Gasteiger partial charge in [-0.15, -0.1) is 0 Å². The van der Waals surface area contributed by atoms with E-state index in [4.69, 9.17) is 0 Å². The van der Waals surface area contributed by atoms with E-state index in [9.17, 15) is 5.11 Å². The molecule has 0 fully saturated rings. The predicted molar refractivity (Wildman–Crippen MR) is 68.6 cm³/mol. The van der Waals surface area contributed by atoms with Gasteiger partial charge in [-0.1, -0.05) is 44.2 Å². The Kier molecular flexibility index (Phi) is 5.50. The minimum absolute atomic E-state index is 0.163. The highest BCUT2D eigenvalue weighted by atomic mass is 16.3. The summed E-state index contributed by atoms with van der Waals surface area (Å²) in [6, 6.07) is 10.5. The quantitative estimate of drug-likeness (QED) is 0.773. The molecule has 0 radical (unpaired) electrons. The SMILES string of the molecule is CCNC(C)C(O)CC(C)c1ccccc1. The Labute approximate surface area is 98.7 Å². The Morgan fingerprint density at radius 3 is 2.38 bits per heavy atom. The van der Waals surface area contributed by atoms with Crippen LogP contribution in [0.15, 0.2) is 30.3 Å². The van der Waals surface area contributed by atoms with Gasteiger partial charge >= 0.3 is 0 Å². The van der Waals surface area contributed by atoms with Crippen molar-refractivity contribution in [1.82, 2.24) is 5.32 Å². The van der Waals surface area contributed by atoms with Crippen LogP contribution in [0.4, 0.5) is 0 Å². The summed E-state index contributed by atoms with van der Waals surface area (Å²) in [6.45, 7) is 7.16. The molecular formula is C14H23NO. The highest BCUT2D eigenvalue weighted by Crippen LogP contribution is 2.21. The van der Waals surface area contributed by atoms with Crippen LogP contribution in [0.25, 0.3) is 0 Å². The Balaban J connectivity index is 2.48. The fourth-order valence-electron chi connectivity index (χ4n) is 1.94. The average molecular weight is 221 g/mol. The number of rotatable bonds is 6. The second kappa shape index (κ2) is 6.66. The molecule has 3 atom stereocenters. The minimum Gasteiger partial charge on any atom is -0.391 e. The van der Waals surface area contributed by atoms with Gasteiger partial charge in [0.25, 0.3) is 0 Å². The van der Waals surface area contributed by atoms with Gasteiger partial charge < -0.3 is 10.4 Å². The number of benzene rings is 1. The van der Waals surface area contributed by atoms with Crippen molar-refractivity contribution in [3.63, 3.8) is 0 Å². The van der Waals surface area contributed by atoms with E-state index in [2.05, 4.69) is 31.3 Å². The van der Waals surface area contributed by atoms with Crippen molar-refractivity contribution in [3.8, 4) is 0 Å². The average Bonchev–Trinajstić information content (AvgIpc) is 2.30. The summed E-state index contributed by atoms with van der Waals surface area (Å²) in [5.41, 5.74) is 1.30. The number of hydrogen-bond donors (Lipinski definition) is 2. The first kappa shape index (κ1) is 13.2. The lowest BCUT2D eigenvalue weighted by Crippen LogP contribution is -2.37. The first-order valence-electron chi connectivity index (χ1n) is 6.11. The highest BCUT2D eigenvalue weighted by molar-refractivity contribution is 5.18. The molecular weight excluding hydrogens is 198 g/mol. The summed E-state index contributed by atoms with van der Waals surface area (Å²) in [6.07, 6.45) is 0.521. The molecule has 1 rings (SSSR count). The molecule has 0 heterocycles. The molecule has 0 aliphatic heterocycles. The van der Waals surface area contributed by atoms with E-state index in [-0.39, 0.29) is 12.1 Å². The van der Waals surface area contributed by atoms with Crippen LogP contribution in [0.2, 0.25) is 0 Å². The lowest BCUT2D eigenvalue weighted by atomic mass is 9.93. The summed E-state index contributed by atoms with van der Waals surface area (Å²) in [5, 5.41) is 13.3. The minimum atomic E-state index is -0.282. The molecule has 0 spiro atoms. The van der Waals surface area contributed by atoms with Crippen molar-refractivity contribution in [1.29, 1.82) is 0 Å². The van der Waals surface area contributed by atoms with Gasteiger partial charge in [0.05, 0.1) is 6.10 Å². The monoisotopic (exact) mass is 221 g/mol. The van der Waals surface area contributed by atoms with E-state index in [1.807, 2.05) is 25.1 Å². The lowest BCUT2D eigenvalue weighted by molar-refractivity contribution is 0.120. The Morgan fingerprint density at radius 2 is 1.81 bits per heavy atom. The first-order chi connectivity index (χ1) is 7.65. The Bertz CT molecular complexity index is 286. The molecule has 0 saturated heterocycles. The van der Waals surface area contributed by atoms with E-state index in [0.29, 0.717) is 5.92 Å². The molecule has 0 aromatic heterocycles. The molecule has 90 valence electrons. The summed E-state index contributed by atoms with van der Waals surface area (Å²) < 4.78 is 0. The lowest BCUT2D eigenvalue weighted by Gasteiger charge is -2.23. The number of likely N-dealkylation sites (N-methyl/N-ethyl adjacent to an activating group) is 1. The highest BCUT2D eigenvalue weighted by Gasteiger charge is 2.17. The third-order valence-corrected chi connectivity index (χ3v) is 3.07. The zero-order valence-corrected chi connectivity index (χ0v) is 10.5. The van der Waals surface area contributed by atoms with Gasteiger partial charge in [0.15, 0.2) is 0 Å². The van der Waals surface area contributed by atoms with Crippen molar-refractivity contribution in [3.05, 3.63) is 35.9 Å². The molecule has 16 heavy (non-hydrogen) atoms. The van der Waals surface area contributed by atoms with Crippen molar-refractivity contribution < 1.29 is 5.11 Å². The van der Waals surface area contributed by atoms with Crippen molar-refractivity contribution in [2.45, 2.75) is 45.3 Å². The van der Waals surface area contributed by atoms with E-state index in [1.165, 1.54) is 5.56 Å².